The van der Waals surface area contributed by atoms with E-state index in [-0.39, 0.29) is 11.3 Å². The molecule has 0 heterocycles. The van der Waals surface area contributed by atoms with E-state index in [2.05, 4.69) is 6.92 Å². The zero-order chi connectivity index (χ0) is 16.1. The lowest BCUT2D eigenvalue weighted by Crippen LogP contribution is -2.28. The van der Waals surface area contributed by atoms with Gasteiger partial charge < -0.3 is 0 Å². The molecule has 0 radical (unpaired) electrons. The van der Waals surface area contributed by atoms with Crippen molar-refractivity contribution in [2.24, 2.45) is 0 Å². The summed E-state index contributed by atoms with van der Waals surface area (Å²) in [6.07, 6.45) is 11.0. The van der Waals surface area contributed by atoms with Crippen molar-refractivity contribution in [3.05, 3.63) is 20.2 Å². The Morgan fingerprint density at radius 1 is 0.810 bits per heavy atom. The van der Waals surface area contributed by atoms with Crippen LogP contribution in [0.15, 0.2) is 0 Å². The van der Waals surface area contributed by atoms with Crippen LogP contribution in [0.3, 0.4) is 0 Å². The Morgan fingerprint density at radius 2 is 1.29 bits per heavy atom. The molecular formula is C15H30N2O4. The molecule has 0 N–H and O–H groups in total. The highest BCUT2D eigenvalue weighted by Crippen LogP contribution is 2.15. The molecule has 6 nitrogen and oxygen atoms in total. The van der Waals surface area contributed by atoms with E-state index < -0.39 is 17.0 Å². The minimum atomic E-state index is -0.834. The maximum atomic E-state index is 10.9. The largest absolute Gasteiger partial charge is 0.264 e. The maximum Gasteiger partial charge on any atom is 0.219 e. The topological polar surface area (TPSA) is 86.3 Å². The monoisotopic (exact) mass is 302 g/mol. The zero-order valence-corrected chi connectivity index (χ0v) is 13.5. The standard InChI is InChI=1S/C15H30N2O4/c1-3-4-5-6-7-8-9-10-11-12-15(17(20)21)13-14(2)16(18)19/h14-15H,3-13H2,1-2H3. The molecule has 0 spiro atoms. The molecule has 124 valence electrons. The molecule has 0 fully saturated rings. The summed E-state index contributed by atoms with van der Waals surface area (Å²) in [6, 6.07) is -1.60. The summed E-state index contributed by atoms with van der Waals surface area (Å²) in [7, 11) is 0. The first kappa shape index (κ1) is 19.8. The van der Waals surface area contributed by atoms with Crippen LogP contribution in [0, 0.1) is 20.2 Å². The second kappa shape index (κ2) is 12.5. The van der Waals surface area contributed by atoms with Gasteiger partial charge in [-0.2, -0.15) is 0 Å². The summed E-state index contributed by atoms with van der Waals surface area (Å²) in [6.45, 7) is 3.64. The van der Waals surface area contributed by atoms with Gasteiger partial charge in [-0.25, -0.2) is 0 Å². The molecule has 0 aliphatic heterocycles. The van der Waals surface area contributed by atoms with Crippen molar-refractivity contribution in [2.45, 2.75) is 96.6 Å². The number of nitro groups is 2. The van der Waals surface area contributed by atoms with E-state index in [1.807, 2.05) is 0 Å². The van der Waals surface area contributed by atoms with E-state index >= 15 is 0 Å². The van der Waals surface area contributed by atoms with Crippen LogP contribution in [0.1, 0.15) is 84.5 Å². The Hall–Kier alpha value is -1.20. The van der Waals surface area contributed by atoms with Gasteiger partial charge in [-0.3, -0.25) is 20.2 Å². The molecule has 21 heavy (non-hydrogen) atoms. The molecule has 0 aliphatic rings. The van der Waals surface area contributed by atoms with Crippen molar-refractivity contribution in [1.82, 2.24) is 0 Å². The second-order valence-electron chi connectivity index (χ2n) is 5.93. The summed E-state index contributed by atoms with van der Waals surface area (Å²) < 4.78 is 0. The Morgan fingerprint density at radius 3 is 1.71 bits per heavy atom. The third kappa shape index (κ3) is 11.2. The quantitative estimate of drug-likeness (QED) is 0.266. The number of nitrogens with zero attached hydrogens (tertiary/aromatic N) is 2. The van der Waals surface area contributed by atoms with Gasteiger partial charge in [0.1, 0.15) is 0 Å². The minimum Gasteiger partial charge on any atom is -0.264 e. The summed E-state index contributed by atoms with van der Waals surface area (Å²) in [4.78, 5) is 20.7. The molecule has 2 atom stereocenters. The normalized spacial score (nSPS) is 13.8. The Kier molecular flexibility index (Phi) is 11.8. The van der Waals surface area contributed by atoms with Crippen LogP contribution in [-0.2, 0) is 0 Å². The van der Waals surface area contributed by atoms with Gasteiger partial charge in [0.15, 0.2) is 0 Å². The third-order valence-corrected chi connectivity index (χ3v) is 3.91. The Bertz CT molecular complexity index is 297. The molecule has 6 heteroatoms. The van der Waals surface area contributed by atoms with Crippen molar-refractivity contribution in [1.29, 1.82) is 0 Å². The summed E-state index contributed by atoms with van der Waals surface area (Å²) in [5, 5.41) is 21.5. The van der Waals surface area contributed by atoms with Crippen molar-refractivity contribution in [2.75, 3.05) is 0 Å². The smallest absolute Gasteiger partial charge is 0.219 e. The minimum absolute atomic E-state index is 0.0387. The predicted molar refractivity (Wildman–Crippen MR) is 83.7 cm³/mol. The average molecular weight is 302 g/mol. The van der Waals surface area contributed by atoms with Gasteiger partial charge in [0.25, 0.3) is 0 Å². The molecular weight excluding hydrogens is 272 g/mol. The zero-order valence-electron chi connectivity index (χ0n) is 13.5. The van der Waals surface area contributed by atoms with Gasteiger partial charge in [0.05, 0.1) is 6.42 Å². The van der Waals surface area contributed by atoms with Crippen molar-refractivity contribution in [3.63, 3.8) is 0 Å². The van der Waals surface area contributed by atoms with Gasteiger partial charge in [-0.05, 0) is 6.42 Å². The van der Waals surface area contributed by atoms with Gasteiger partial charge in [0.2, 0.25) is 12.1 Å². The molecule has 0 aromatic heterocycles. The first-order chi connectivity index (χ1) is 9.99. The Labute approximate surface area is 127 Å². The van der Waals surface area contributed by atoms with Crippen LogP contribution in [0.5, 0.6) is 0 Å². The van der Waals surface area contributed by atoms with Gasteiger partial charge in [0, 0.05) is 23.2 Å². The van der Waals surface area contributed by atoms with E-state index in [9.17, 15) is 20.2 Å². The summed E-state index contributed by atoms with van der Waals surface area (Å²) >= 11 is 0. The lowest BCUT2D eigenvalue weighted by Gasteiger charge is -2.10. The van der Waals surface area contributed by atoms with E-state index in [4.69, 9.17) is 0 Å². The van der Waals surface area contributed by atoms with Crippen LogP contribution >= 0.6 is 0 Å². The van der Waals surface area contributed by atoms with E-state index in [0.29, 0.717) is 6.42 Å². The van der Waals surface area contributed by atoms with Crippen molar-refractivity contribution < 1.29 is 9.85 Å². The van der Waals surface area contributed by atoms with Crippen molar-refractivity contribution in [3.8, 4) is 0 Å². The summed E-state index contributed by atoms with van der Waals surface area (Å²) in [5.74, 6) is 0. The third-order valence-electron chi connectivity index (χ3n) is 3.91. The molecule has 0 rings (SSSR count). The van der Waals surface area contributed by atoms with Crippen LogP contribution in [-0.4, -0.2) is 21.9 Å². The van der Waals surface area contributed by atoms with Crippen LogP contribution in [0.2, 0.25) is 0 Å². The second-order valence-corrected chi connectivity index (χ2v) is 5.93. The van der Waals surface area contributed by atoms with E-state index in [0.717, 1.165) is 19.3 Å². The highest BCUT2D eigenvalue weighted by Gasteiger charge is 2.27. The van der Waals surface area contributed by atoms with Crippen LogP contribution in [0.4, 0.5) is 0 Å². The fourth-order valence-corrected chi connectivity index (χ4v) is 2.48. The SMILES string of the molecule is CCCCCCCCCCCC(CC(C)[N+](=O)[O-])[N+](=O)[O-]. The number of hydrogen-bond donors (Lipinski definition) is 0. The van der Waals surface area contributed by atoms with E-state index in [1.54, 1.807) is 0 Å². The highest BCUT2D eigenvalue weighted by atomic mass is 16.6. The Balaban J connectivity index is 3.66. The molecule has 0 saturated carbocycles. The summed E-state index contributed by atoms with van der Waals surface area (Å²) in [5.41, 5.74) is 0. The average Bonchev–Trinajstić information content (AvgIpc) is 2.43. The lowest BCUT2D eigenvalue weighted by molar-refractivity contribution is -0.558. The number of unbranched alkanes of at least 4 members (excludes halogenated alkanes) is 8. The molecule has 2 unspecified atom stereocenters. The highest BCUT2D eigenvalue weighted by molar-refractivity contribution is 4.62. The van der Waals surface area contributed by atoms with Crippen LogP contribution < -0.4 is 0 Å². The molecule has 0 saturated heterocycles. The van der Waals surface area contributed by atoms with Crippen molar-refractivity contribution >= 4 is 0 Å². The first-order valence-electron chi connectivity index (χ1n) is 8.26. The lowest BCUT2D eigenvalue weighted by atomic mass is 10.0. The number of hydrogen-bond acceptors (Lipinski definition) is 4. The maximum absolute atomic E-state index is 10.9. The molecule has 0 bridgehead atoms. The van der Waals surface area contributed by atoms with E-state index in [1.165, 1.54) is 45.4 Å². The van der Waals surface area contributed by atoms with Gasteiger partial charge >= 0.3 is 0 Å². The molecule has 0 amide bonds. The first-order valence-corrected chi connectivity index (χ1v) is 8.26. The fraction of sp³-hybridized carbons (Fsp3) is 1.00. The van der Waals surface area contributed by atoms with Gasteiger partial charge in [-0.15, -0.1) is 0 Å². The van der Waals surface area contributed by atoms with Gasteiger partial charge in [-0.1, -0.05) is 58.3 Å². The van der Waals surface area contributed by atoms with Crippen LogP contribution in [0.25, 0.3) is 0 Å². The number of rotatable bonds is 14. The molecule has 0 aromatic rings. The molecule has 0 aromatic carbocycles. The molecule has 0 aliphatic carbocycles. The predicted octanol–water partition coefficient (Wildman–Crippen LogP) is 4.61. The fourth-order valence-electron chi connectivity index (χ4n) is 2.48.